The fourth-order valence-corrected chi connectivity index (χ4v) is 2.08. The van der Waals surface area contributed by atoms with Gasteiger partial charge in [-0.3, -0.25) is 0 Å². The first-order chi connectivity index (χ1) is 8.77. The van der Waals surface area contributed by atoms with Crippen molar-refractivity contribution in [2.45, 2.75) is 38.8 Å². The van der Waals surface area contributed by atoms with Crippen LogP contribution in [0.1, 0.15) is 26.7 Å². The summed E-state index contributed by atoms with van der Waals surface area (Å²) in [6.07, 6.45) is 5.04. The molecular formula is C13H20N2O4. The van der Waals surface area contributed by atoms with Crippen LogP contribution in [0.15, 0.2) is 0 Å². The Bertz CT molecular complexity index is 400. The number of carbonyl (C=O) groups excluding carboxylic acids is 1. The van der Waals surface area contributed by atoms with Gasteiger partial charge in [0.05, 0.1) is 6.10 Å². The van der Waals surface area contributed by atoms with E-state index in [1.54, 1.807) is 0 Å². The smallest absolute Gasteiger partial charge is 0.327 e. The van der Waals surface area contributed by atoms with E-state index in [0.717, 1.165) is 0 Å². The first kappa shape index (κ1) is 15.3. The molecule has 1 heterocycles. The summed E-state index contributed by atoms with van der Waals surface area (Å²) in [6, 6.07) is -1.53. The van der Waals surface area contributed by atoms with Gasteiger partial charge in [0.1, 0.15) is 6.04 Å². The van der Waals surface area contributed by atoms with E-state index in [4.69, 9.17) is 11.5 Å². The summed E-state index contributed by atoms with van der Waals surface area (Å²) >= 11 is 0. The third-order valence-electron chi connectivity index (χ3n) is 3.38. The maximum absolute atomic E-state index is 12.0. The zero-order chi connectivity index (χ0) is 14.6. The molecule has 19 heavy (non-hydrogen) atoms. The second-order valence-electron chi connectivity index (χ2n) is 5.46. The molecule has 1 aliphatic heterocycles. The highest BCUT2D eigenvalue weighted by Crippen LogP contribution is 2.28. The van der Waals surface area contributed by atoms with Crippen LogP contribution in [-0.4, -0.2) is 52.3 Å². The summed E-state index contributed by atoms with van der Waals surface area (Å²) in [6.45, 7) is 4.52. The number of terminal acetylenes is 1. The number of aliphatic carboxylic acids is 1. The Labute approximate surface area is 112 Å². The second kappa shape index (κ2) is 5.93. The Kier molecular flexibility index (Phi) is 4.78. The largest absolute Gasteiger partial charge is 0.480 e. The van der Waals surface area contributed by atoms with Gasteiger partial charge in [-0.15, -0.1) is 12.3 Å². The second-order valence-corrected chi connectivity index (χ2v) is 5.46. The van der Waals surface area contributed by atoms with Crippen molar-refractivity contribution in [3.63, 3.8) is 0 Å². The first-order valence-corrected chi connectivity index (χ1v) is 6.17. The van der Waals surface area contributed by atoms with E-state index in [-0.39, 0.29) is 6.42 Å². The lowest BCUT2D eigenvalue weighted by atomic mass is 9.81. The number of nitrogens with zero attached hydrogens (tertiary/aromatic N) is 1. The average molecular weight is 268 g/mol. The first-order valence-electron chi connectivity index (χ1n) is 6.17. The molecule has 2 atom stereocenters. The van der Waals surface area contributed by atoms with Crippen molar-refractivity contribution in [3.8, 4) is 12.3 Å². The number of amides is 2. The normalized spacial score (nSPS) is 23.3. The summed E-state index contributed by atoms with van der Waals surface area (Å²) in [5, 5.41) is 21.1. The van der Waals surface area contributed by atoms with Crippen molar-refractivity contribution in [1.29, 1.82) is 0 Å². The predicted octanol–water partition coefficient (Wildman–Crippen LogP) is 0.265. The molecule has 0 saturated carbocycles. The molecule has 1 rings (SSSR count). The van der Waals surface area contributed by atoms with Crippen molar-refractivity contribution in [2.24, 2.45) is 5.41 Å². The Morgan fingerprint density at radius 3 is 2.68 bits per heavy atom. The molecule has 6 nitrogen and oxygen atoms in total. The van der Waals surface area contributed by atoms with E-state index >= 15 is 0 Å². The van der Waals surface area contributed by atoms with E-state index < -0.39 is 29.6 Å². The Morgan fingerprint density at radius 2 is 2.21 bits per heavy atom. The van der Waals surface area contributed by atoms with Crippen LogP contribution in [0.5, 0.6) is 0 Å². The maximum Gasteiger partial charge on any atom is 0.327 e. The number of carboxylic acid groups (broad SMARTS) is 1. The van der Waals surface area contributed by atoms with Crippen molar-refractivity contribution < 1.29 is 19.8 Å². The molecule has 0 spiro atoms. The Balaban J connectivity index is 2.64. The van der Waals surface area contributed by atoms with E-state index in [2.05, 4.69) is 11.2 Å². The van der Waals surface area contributed by atoms with Gasteiger partial charge in [-0.25, -0.2) is 9.59 Å². The number of likely N-dealkylation sites (tertiary alicyclic amines) is 1. The number of carboxylic acids is 1. The highest BCUT2D eigenvalue weighted by atomic mass is 16.4. The standard InChI is InChI=1S/C13H20N2O4/c1-4-5-9(11(17)18)14-12(19)15-7-6-10(16)13(2,3)8-15/h1,9-10,16H,5-8H2,2-3H3,(H,14,19)(H,17,18). The molecule has 0 radical (unpaired) electrons. The summed E-state index contributed by atoms with van der Waals surface area (Å²) in [7, 11) is 0. The van der Waals surface area contributed by atoms with E-state index in [9.17, 15) is 14.7 Å². The summed E-state index contributed by atoms with van der Waals surface area (Å²) in [4.78, 5) is 24.4. The molecule has 1 fully saturated rings. The zero-order valence-corrected chi connectivity index (χ0v) is 11.2. The quantitative estimate of drug-likeness (QED) is 0.641. The summed E-state index contributed by atoms with van der Waals surface area (Å²) < 4.78 is 0. The van der Waals surface area contributed by atoms with Crippen molar-refractivity contribution >= 4 is 12.0 Å². The minimum Gasteiger partial charge on any atom is -0.480 e. The lowest BCUT2D eigenvalue weighted by Crippen LogP contribution is -2.55. The van der Waals surface area contributed by atoms with Gasteiger partial charge in [0, 0.05) is 24.9 Å². The van der Waals surface area contributed by atoms with Gasteiger partial charge in [-0.1, -0.05) is 13.8 Å². The van der Waals surface area contributed by atoms with E-state index in [1.807, 2.05) is 13.8 Å². The fraction of sp³-hybridized carbons (Fsp3) is 0.692. The van der Waals surface area contributed by atoms with Crippen LogP contribution in [0.3, 0.4) is 0 Å². The predicted molar refractivity (Wildman–Crippen MR) is 69.4 cm³/mol. The van der Waals surface area contributed by atoms with Crippen LogP contribution in [0.2, 0.25) is 0 Å². The molecule has 1 aliphatic rings. The lowest BCUT2D eigenvalue weighted by molar-refractivity contribution is -0.139. The topological polar surface area (TPSA) is 89.9 Å². The van der Waals surface area contributed by atoms with Crippen LogP contribution in [0.4, 0.5) is 4.79 Å². The number of piperidine rings is 1. The van der Waals surface area contributed by atoms with Gasteiger partial charge in [0.25, 0.3) is 0 Å². The van der Waals surface area contributed by atoms with Gasteiger partial charge in [0.15, 0.2) is 0 Å². The van der Waals surface area contributed by atoms with Gasteiger partial charge in [-0.05, 0) is 6.42 Å². The Morgan fingerprint density at radius 1 is 1.58 bits per heavy atom. The highest BCUT2D eigenvalue weighted by molar-refractivity contribution is 5.82. The molecule has 6 heteroatoms. The minimum absolute atomic E-state index is 0.0546. The third kappa shape index (κ3) is 3.86. The summed E-state index contributed by atoms with van der Waals surface area (Å²) in [5.74, 6) is 1.08. The number of carbonyl (C=O) groups is 2. The molecule has 2 amide bonds. The molecular weight excluding hydrogens is 248 g/mol. The number of hydrogen-bond donors (Lipinski definition) is 3. The summed E-state index contributed by atoms with van der Waals surface area (Å²) in [5.41, 5.74) is -0.402. The third-order valence-corrected chi connectivity index (χ3v) is 3.38. The number of rotatable bonds is 3. The van der Waals surface area contributed by atoms with Gasteiger partial charge in [-0.2, -0.15) is 0 Å². The van der Waals surface area contributed by atoms with Gasteiger partial charge < -0.3 is 20.4 Å². The molecule has 0 bridgehead atoms. The number of aliphatic hydroxyl groups excluding tert-OH is 1. The van der Waals surface area contributed by atoms with Crippen LogP contribution in [-0.2, 0) is 4.79 Å². The number of aliphatic hydroxyl groups is 1. The molecule has 0 aromatic rings. The van der Waals surface area contributed by atoms with E-state index in [1.165, 1.54) is 4.90 Å². The minimum atomic E-state index is -1.15. The fourth-order valence-electron chi connectivity index (χ4n) is 2.08. The van der Waals surface area contributed by atoms with E-state index in [0.29, 0.717) is 19.5 Å². The molecule has 0 aromatic heterocycles. The van der Waals surface area contributed by atoms with Crippen LogP contribution in [0, 0.1) is 17.8 Å². The number of hydrogen-bond acceptors (Lipinski definition) is 3. The number of nitrogens with one attached hydrogen (secondary N) is 1. The SMILES string of the molecule is C#CCC(NC(=O)N1CCC(O)C(C)(C)C1)C(=O)O. The molecule has 106 valence electrons. The monoisotopic (exact) mass is 268 g/mol. The van der Waals surface area contributed by atoms with Gasteiger partial charge in [0.2, 0.25) is 0 Å². The molecule has 0 aliphatic carbocycles. The zero-order valence-electron chi connectivity index (χ0n) is 11.2. The Hall–Kier alpha value is -1.74. The van der Waals surface area contributed by atoms with Crippen molar-refractivity contribution in [1.82, 2.24) is 10.2 Å². The molecule has 2 unspecified atom stereocenters. The van der Waals surface area contributed by atoms with Crippen molar-refractivity contribution in [2.75, 3.05) is 13.1 Å². The average Bonchev–Trinajstić information content (AvgIpc) is 2.31. The highest BCUT2D eigenvalue weighted by Gasteiger charge is 2.37. The maximum atomic E-state index is 12.0. The van der Waals surface area contributed by atoms with Gasteiger partial charge >= 0.3 is 12.0 Å². The van der Waals surface area contributed by atoms with Crippen LogP contribution >= 0.6 is 0 Å². The molecule has 1 saturated heterocycles. The number of urea groups is 1. The van der Waals surface area contributed by atoms with Crippen molar-refractivity contribution in [3.05, 3.63) is 0 Å². The van der Waals surface area contributed by atoms with Crippen LogP contribution < -0.4 is 5.32 Å². The lowest BCUT2D eigenvalue weighted by Gasteiger charge is -2.41. The molecule has 0 aromatic carbocycles. The molecule has 3 N–H and O–H groups in total. The van der Waals surface area contributed by atoms with Crippen LogP contribution in [0.25, 0.3) is 0 Å².